The molecule has 1 heterocycles. The lowest BCUT2D eigenvalue weighted by Gasteiger charge is -2.01. The topological polar surface area (TPSA) is 85.9 Å². The number of rotatable bonds is 4. The van der Waals surface area contributed by atoms with Crippen molar-refractivity contribution in [2.24, 2.45) is 5.14 Å². The minimum Gasteiger partial charge on any atom is -0.225 e. The molecule has 2 N–H and O–H groups in total. The van der Waals surface area contributed by atoms with Gasteiger partial charge in [0.15, 0.2) is 0 Å². The summed E-state index contributed by atoms with van der Waals surface area (Å²) in [4.78, 5) is 4.75. The summed E-state index contributed by atoms with van der Waals surface area (Å²) in [5.41, 5.74) is 1.13. The summed E-state index contributed by atoms with van der Waals surface area (Å²) in [6.45, 7) is 4.17. The number of sulfonamides is 1. The molecule has 0 bridgehead atoms. The first kappa shape index (κ1) is 14.6. The number of hydrogen-bond donors (Lipinski definition) is 1. The third-order valence-corrected chi connectivity index (χ3v) is 5.51. The molecule has 1 aliphatic rings. The summed E-state index contributed by atoms with van der Waals surface area (Å²) in [7, 11) is -3.62. The third kappa shape index (κ3) is 3.00. The number of primary sulfonamides is 1. The highest BCUT2D eigenvalue weighted by Gasteiger charge is 2.42. The van der Waals surface area contributed by atoms with E-state index < -0.39 is 10.0 Å². The molecule has 5 nitrogen and oxygen atoms in total. The van der Waals surface area contributed by atoms with E-state index in [0.29, 0.717) is 17.8 Å². The van der Waals surface area contributed by atoms with Crippen molar-refractivity contribution in [2.75, 3.05) is 0 Å². The lowest BCUT2D eigenvalue weighted by Crippen LogP contribution is -2.11. The van der Waals surface area contributed by atoms with Crippen LogP contribution in [0, 0.1) is 0 Å². The van der Waals surface area contributed by atoms with Gasteiger partial charge in [0.1, 0.15) is 10.8 Å². The van der Waals surface area contributed by atoms with E-state index in [-0.39, 0.29) is 4.90 Å². The average molecular weight is 323 g/mol. The summed E-state index contributed by atoms with van der Waals surface area (Å²) >= 11 is 1.48. The number of nitrogens with zero attached hydrogens (tertiary/aromatic N) is 2. The first-order valence-corrected chi connectivity index (χ1v) is 9.14. The molecule has 2 aromatic rings. The van der Waals surface area contributed by atoms with Crippen LogP contribution in [-0.2, 0) is 10.0 Å². The molecule has 2 unspecified atom stereocenters. The van der Waals surface area contributed by atoms with Crippen LogP contribution in [0.25, 0.3) is 0 Å². The van der Waals surface area contributed by atoms with Gasteiger partial charge in [0.2, 0.25) is 10.0 Å². The number of aromatic nitrogens is 2. The van der Waals surface area contributed by atoms with Gasteiger partial charge in [0.25, 0.3) is 0 Å². The van der Waals surface area contributed by atoms with E-state index >= 15 is 0 Å². The maximum absolute atomic E-state index is 11.2. The molecule has 1 aromatic carbocycles. The molecule has 21 heavy (non-hydrogen) atoms. The largest absolute Gasteiger partial charge is 0.238 e. The van der Waals surface area contributed by atoms with E-state index in [1.807, 2.05) is 12.1 Å². The molecule has 0 radical (unpaired) electrons. The van der Waals surface area contributed by atoms with Crippen LogP contribution in [0.4, 0.5) is 0 Å². The van der Waals surface area contributed by atoms with Crippen molar-refractivity contribution >= 4 is 21.6 Å². The summed E-state index contributed by atoms with van der Waals surface area (Å²) in [6, 6.07) is 6.82. The highest BCUT2D eigenvalue weighted by molar-refractivity contribution is 7.89. The minimum atomic E-state index is -3.62. The molecule has 112 valence electrons. The summed E-state index contributed by atoms with van der Waals surface area (Å²) < 4.78 is 26.9. The lowest BCUT2D eigenvalue weighted by molar-refractivity contribution is 0.598. The van der Waals surface area contributed by atoms with Gasteiger partial charge in [0.05, 0.1) is 4.90 Å². The molecule has 7 heteroatoms. The Labute approximate surface area is 128 Å². The zero-order valence-electron chi connectivity index (χ0n) is 11.9. The predicted octanol–water partition coefficient (Wildman–Crippen LogP) is 2.58. The van der Waals surface area contributed by atoms with Gasteiger partial charge in [-0.15, -0.1) is 0 Å². The maximum atomic E-state index is 11.2. The zero-order chi connectivity index (χ0) is 15.2. The quantitative estimate of drug-likeness (QED) is 0.937. The molecule has 0 amide bonds. The molecular weight excluding hydrogens is 306 g/mol. The minimum absolute atomic E-state index is 0.154. The van der Waals surface area contributed by atoms with Gasteiger partial charge in [-0.05, 0) is 41.6 Å². The Morgan fingerprint density at radius 1 is 1.24 bits per heavy atom. The van der Waals surface area contributed by atoms with Gasteiger partial charge in [-0.2, -0.15) is 4.37 Å². The van der Waals surface area contributed by atoms with E-state index in [4.69, 9.17) is 5.14 Å². The van der Waals surface area contributed by atoms with E-state index in [9.17, 15) is 8.42 Å². The summed E-state index contributed by atoms with van der Waals surface area (Å²) in [5.74, 6) is 2.08. The second-order valence-electron chi connectivity index (χ2n) is 5.71. The first-order valence-electron chi connectivity index (χ1n) is 6.82. The van der Waals surface area contributed by atoms with Crippen LogP contribution >= 0.6 is 11.5 Å². The van der Waals surface area contributed by atoms with E-state index in [1.165, 1.54) is 11.5 Å². The standard InChI is InChI=1S/C14H17N3O2S2/c1-8(2)13-16-14(20-17-13)12-7-11(12)9-3-5-10(6-4-9)21(15,18)19/h3-6,8,11-12H,7H2,1-2H3,(H2,15,18,19). The first-order chi connectivity index (χ1) is 9.86. The summed E-state index contributed by atoms with van der Waals surface area (Å²) in [5, 5.41) is 6.19. The van der Waals surface area contributed by atoms with Crippen molar-refractivity contribution in [1.82, 2.24) is 9.36 Å². The Kier molecular flexibility index (Phi) is 3.59. The fourth-order valence-electron chi connectivity index (χ4n) is 2.37. The van der Waals surface area contributed by atoms with Crippen LogP contribution in [0.1, 0.15) is 54.4 Å². The fourth-order valence-corrected chi connectivity index (χ4v) is 3.86. The van der Waals surface area contributed by atoms with Gasteiger partial charge in [-0.1, -0.05) is 26.0 Å². The van der Waals surface area contributed by atoms with Crippen LogP contribution < -0.4 is 5.14 Å². The molecule has 1 aliphatic carbocycles. The van der Waals surface area contributed by atoms with Gasteiger partial charge in [-0.3, -0.25) is 0 Å². The Hall–Kier alpha value is -1.31. The number of benzene rings is 1. The Balaban J connectivity index is 1.75. The molecule has 0 spiro atoms. The van der Waals surface area contributed by atoms with Crippen molar-refractivity contribution in [1.29, 1.82) is 0 Å². The highest BCUT2D eigenvalue weighted by Crippen LogP contribution is 2.55. The summed E-state index contributed by atoms with van der Waals surface area (Å²) in [6.07, 6.45) is 1.04. The Morgan fingerprint density at radius 3 is 2.43 bits per heavy atom. The molecule has 1 saturated carbocycles. The van der Waals surface area contributed by atoms with Gasteiger partial charge < -0.3 is 0 Å². The van der Waals surface area contributed by atoms with Crippen molar-refractivity contribution in [3.63, 3.8) is 0 Å². The molecule has 0 saturated heterocycles. The molecule has 2 atom stereocenters. The highest BCUT2D eigenvalue weighted by atomic mass is 32.2. The van der Waals surface area contributed by atoms with E-state index in [2.05, 4.69) is 23.2 Å². The second kappa shape index (κ2) is 5.15. The van der Waals surface area contributed by atoms with Gasteiger partial charge in [-0.25, -0.2) is 18.5 Å². The van der Waals surface area contributed by atoms with Crippen LogP contribution in [0.3, 0.4) is 0 Å². The smallest absolute Gasteiger partial charge is 0.225 e. The van der Waals surface area contributed by atoms with E-state index in [0.717, 1.165) is 22.8 Å². The van der Waals surface area contributed by atoms with Crippen LogP contribution in [0.2, 0.25) is 0 Å². The molecular formula is C14H17N3O2S2. The average Bonchev–Trinajstić information content (AvgIpc) is 3.06. The Bertz CT molecular complexity index is 751. The second-order valence-corrected chi connectivity index (χ2v) is 8.05. The van der Waals surface area contributed by atoms with Crippen LogP contribution in [-0.4, -0.2) is 17.8 Å². The number of hydrogen-bond acceptors (Lipinski definition) is 5. The van der Waals surface area contributed by atoms with Crippen molar-refractivity contribution in [3.05, 3.63) is 40.7 Å². The van der Waals surface area contributed by atoms with E-state index in [1.54, 1.807) is 12.1 Å². The molecule has 3 rings (SSSR count). The third-order valence-electron chi connectivity index (χ3n) is 3.72. The predicted molar refractivity (Wildman–Crippen MR) is 81.9 cm³/mol. The zero-order valence-corrected chi connectivity index (χ0v) is 13.5. The number of nitrogens with two attached hydrogens (primary N) is 1. The lowest BCUT2D eigenvalue weighted by atomic mass is 10.1. The normalized spacial score (nSPS) is 21.7. The van der Waals surface area contributed by atoms with Gasteiger partial charge in [0, 0.05) is 11.8 Å². The fraction of sp³-hybridized carbons (Fsp3) is 0.429. The van der Waals surface area contributed by atoms with Gasteiger partial charge >= 0.3 is 0 Å². The monoisotopic (exact) mass is 323 g/mol. The molecule has 1 fully saturated rings. The van der Waals surface area contributed by atoms with Crippen LogP contribution in [0.15, 0.2) is 29.2 Å². The van der Waals surface area contributed by atoms with Crippen LogP contribution in [0.5, 0.6) is 0 Å². The van der Waals surface area contributed by atoms with Crippen molar-refractivity contribution in [3.8, 4) is 0 Å². The molecule has 1 aromatic heterocycles. The molecule has 0 aliphatic heterocycles. The maximum Gasteiger partial charge on any atom is 0.238 e. The van der Waals surface area contributed by atoms with Crippen molar-refractivity contribution < 1.29 is 8.42 Å². The Morgan fingerprint density at radius 2 is 1.90 bits per heavy atom. The van der Waals surface area contributed by atoms with Crippen molar-refractivity contribution in [2.45, 2.75) is 42.9 Å². The SMILES string of the molecule is CC(C)c1nsc(C2CC2c2ccc(S(N)(=O)=O)cc2)n1.